The van der Waals surface area contributed by atoms with Gasteiger partial charge in [-0.15, -0.1) is 0 Å². The fourth-order valence-electron chi connectivity index (χ4n) is 4.36. The molecule has 136 valence electrons. The molecule has 3 saturated heterocycles. The second-order valence-electron chi connectivity index (χ2n) is 7.08. The van der Waals surface area contributed by atoms with Crippen LogP contribution >= 0.6 is 0 Å². The molecule has 7 nitrogen and oxygen atoms in total. The Kier molecular flexibility index (Phi) is 4.01. The highest BCUT2D eigenvalue weighted by Crippen LogP contribution is 2.46. The Hall–Kier alpha value is -1.64. The van der Waals surface area contributed by atoms with Crippen molar-refractivity contribution >= 4 is 16.1 Å². The second kappa shape index (κ2) is 5.96. The van der Waals surface area contributed by atoms with Crippen molar-refractivity contribution < 1.29 is 17.9 Å². The lowest BCUT2D eigenvalue weighted by atomic mass is 9.99. The largest absolute Gasteiger partial charge is 0.365 e. The number of likely N-dealkylation sites (tertiary alicyclic amines) is 1. The van der Waals surface area contributed by atoms with Gasteiger partial charge in [0.15, 0.2) is 0 Å². The van der Waals surface area contributed by atoms with E-state index in [4.69, 9.17) is 4.74 Å². The Bertz CT molecular complexity index is 769. The average molecular weight is 365 g/mol. The van der Waals surface area contributed by atoms with Crippen molar-refractivity contribution in [3.63, 3.8) is 0 Å². The van der Waals surface area contributed by atoms with Gasteiger partial charge in [0.05, 0.1) is 12.6 Å². The number of morpholine rings is 1. The van der Waals surface area contributed by atoms with Crippen LogP contribution in [0, 0.1) is 0 Å². The van der Waals surface area contributed by atoms with Crippen LogP contribution in [0.5, 0.6) is 0 Å². The molecule has 8 heteroatoms. The number of nitrogens with zero attached hydrogens (tertiary/aromatic N) is 2. The SMILES string of the molecule is CNC(=O)N1C[C@H]2C[C@H]3[C@](C1)(CN(CCc1ccccc1)S3(=O)=O)O2. The third-order valence-electron chi connectivity index (χ3n) is 5.50. The van der Waals surface area contributed by atoms with Gasteiger partial charge in [0, 0.05) is 26.7 Å². The summed E-state index contributed by atoms with van der Waals surface area (Å²) in [6.45, 7) is 1.56. The maximum absolute atomic E-state index is 13.0. The number of hydrogen-bond donors (Lipinski definition) is 1. The van der Waals surface area contributed by atoms with E-state index in [-0.39, 0.29) is 12.1 Å². The molecule has 3 aliphatic rings. The molecular weight excluding hydrogens is 342 g/mol. The van der Waals surface area contributed by atoms with E-state index in [1.165, 1.54) is 0 Å². The highest BCUT2D eigenvalue weighted by Gasteiger charge is 2.65. The standard InChI is InChI=1S/C17H23N3O4S/c1-18-16(21)19-10-14-9-15-17(11-19,24-14)12-20(25(15,22)23)8-7-13-5-3-2-4-6-13/h2-6,14-15H,7-12H2,1H3,(H,18,21)/t14-,15+,17+/m1/s1. The molecule has 3 fully saturated rings. The zero-order valence-corrected chi connectivity index (χ0v) is 15.0. The normalized spacial score (nSPS) is 33.2. The van der Waals surface area contributed by atoms with Crippen molar-refractivity contribution in [1.82, 2.24) is 14.5 Å². The fraction of sp³-hybridized carbons (Fsp3) is 0.588. The van der Waals surface area contributed by atoms with Gasteiger partial charge in [-0.25, -0.2) is 13.2 Å². The first-order chi connectivity index (χ1) is 11.9. The molecule has 0 aromatic heterocycles. The minimum atomic E-state index is -3.40. The van der Waals surface area contributed by atoms with Gasteiger partial charge in [-0.1, -0.05) is 30.3 Å². The summed E-state index contributed by atoms with van der Waals surface area (Å²) in [5.41, 5.74) is 0.326. The number of nitrogens with one attached hydrogen (secondary N) is 1. The molecule has 1 aromatic carbocycles. The quantitative estimate of drug-likeness (QED) is 0.842. The van der Waals surface area contributed by atoms with Crippen LogP contribution < -0.4 is 5.32 Å². The number of sulfonamides is 1. The molecule has 0 radical (unpaired) electrons. The molecule has 0 saturated carbocycles. The highest BCUT2D eigenvalue weighted by atomic mass is 32.2. The van der Waals surface area contributed by atoms with Gasteiger partial charge in [0.2, 0.25) is 10.0 Å². The summed E-state index contributed by atoms with van der Waals surface area (Å²) in [6.07, 6.45) is 0.949. The number of hydrogen-bond acceptors (Lipinski definition) is 4. The average Bonchev–Trinajstić information content (AvgIpc) is 2.98. The van der Waals surface area contributed by atoms with E-state index in [0.29, 0.717) is 39.0 Å². The predicted molar refractivity (Wildman–Crippen MR) is 92.7 cm³/mol. The van der Waals surface area contributed by atoms with E-state index in [0.717, 1.165) is 5.56 Å². The zero-order chi connectivity index (χ0) is 17.7. The van der Waals surface area contributed by atoms with Gasteiger partial charge in [0.1, 0.15) is 10.9 Å². The topological polar surface area (TPSA) is 79.0 Å². The van der Waals surface area contributed by atoms with Gasteiger partial charge in [-0.05, 0) is 18.4 Å². The van der Waals surface area contributed by atoms with Crippen LogP contribution in [0.25, 0.3) is 0 Å². The van der Waals surface area contributed by atoms with Crippen LogP contribution in [0.1, 0.15) is 12.0 Å². The van der Waals surface area contributed by atoms with E-state index in [2.05, 4.69) is 5.32 Å². The summed E-state index contributed by atoms with van der Waals surface area (Å²) in [4.78, 5) is 13.7. The molecular formula is C17H23N3O4S. The van der Waals surface area contributed by atoms with Crippen LogP contribution in [0.3, 0.4) is 0 Å². The minimum Gasteiger partial charge on any atom is -0.365 e. The van der Waals surface area contributed by atoms with Crippen LogP contribution in [0.2, 0.25) is 0 Å². The lowest BCUT2D eigenvalue weighted by Gasteiger charge is -2.39. The van der Waals surface area contributed by atoms with Crippen molar-refractivity contribution in [3.05, 3.63) is 35.9 Å². The molecule has 0 unspecified atom stereocenters. The molecule has 3 aliphatic heterocycles. The predicted octanol–water partition coefficient (Wildman–Crippen LogP) is 0.426. The van der Waals surface area contributed by atoms with Gasteiger partial charge in [-0.2, -0.15) is 4.31 Å². The molecule has 2 bridgehead atoms. The smallest absolute Gasteiger partial charge is 0.317 e. The number of carbonyl (C=O) groups excluding carboxylic acids is 1. The second-order valence-corrected chi connectivity index (χ2v) is 9.19. The van der Waals surface area contributed by atoms with Crippen molar-refractivity contribution in [2.45, 2.75) is 29.8 Å². The fourth-order valence-corrected chi connectivity index (χ4v) is 6.67. The summed E-state index contributed by atoms with van der Waals surface area (Å²) < 4.78 is 33.7. The third-order valence-corrected chi connectivity index (χ3v) is 7.88. The first kappa shape index (κ1) is 16.8. The van der Waals surface area contributed by atoms with Crippen molar-refractivity contribution in [1.29, 1.82) is 0 Å². The molecule has 2 amide bonds. The molecule has 1 aromatic rings. The van der Waals surface area contributed by atoms with Crippen LogP contribution in [-0.2, 0) is 21.2 Å². The Labute approximate surface area is 148 Å². The van der Waals surface area contributed by atoms with Crippen LogP contribution in [0.15, 0.2) is 30.3 Å². The van der Waals surface area contributed by atoms with Crippen LogP contribution in [0.4, 0.5) is 4.79 Å². The monoisotopic (exact) mass is 365 g/mol. The van der Waals surface area contributed by atoms with E-state index >= 15 is 0 Å². The molecule has 1 spiro atoms. The summed E-state index contributed by atoms with van der Waals surface area (Å²) in [5, 5.41) is 2.08. The maximum Gasteiger partial charge on any atom is 0.317 e. The Balaban J connectivity index is 1.53. The van der Waals surface area contributed by atoms with E-state index in [9.17, 15) is 13.2 Å². The maximum atomic E-state index is 13.0. The first-order valence-electron chi connectivity index (χ1n) is 8.62. The number of rotatable bonds is 3. The van der Waals surface area contributed by atoms with Gasteiger partial charge in [-0.3, -0.25) is 0 Å². The highest BCUT2D eigenvalue weighted by molar-refractivity contribution is 7.90. The van der Waals surface area contributed by atoms with E-state index < -0.39 is 20.9 Å². The number of fused-ring (bicyclic) bond motifs is 1. The van der Waals surface area contributed by atoms with Crippen molar-refractivity contribution in [3.8, 4) is 0 Å². The summed E-state index contributed by atoms with van der Waals surface area (Å²) in [6, 6.07) is 9.69. The lowest BCUT2D eigenvalue weighted by Crippen LogP contribution is -2.58. The van der Waals surface area contributed by atoms with Crippen molar-refractivity contribution in [2.24, 2.45) is 0 Å². The molecule has 1 N–H and O–H groups in total. The Morgan fingerprint density at radius 3 is 2.80 bits per heavy atom. The molecule has 4 rings (SSSR count). The first-order valence-corrected chi connectivity index (χ1v) is 10.1. The van der Waals surface area contributed by atoms with Crippen molar-refractivity contribution in [2.75, 3.05) is 33.2 Å². The molecule has 3 atom stereocenters. The van der Waals surface area contributed by atoms with Gasteiger partial charge in [0.25, 0.3) is 0 Å². The van der Waals surface area contributed by atoms with Gasteiger partial charge >= 0.3 is 6.03 Å². The minimum absolute atomic E-state index is 0.173. The number of amides is 2. The summed E-state index contributed by atoms with van der Waals surface area (Å²) in [5.74, 6) is 0. The number of ether oxygens (including phenoxy) is 1. The molecule has 25 heavy (non-hydrogen) atoms. The number of benzene rings is 1. The third kappa shape index (κ3) is 2.72. The number of carbonyl (C=O) groups is 1. The molecule has 0 aliphatic carbocycles. The van der Waals surface area contributed by atoms with E-state index in [1.54, 1.807) is 16.3 Å². The Morgan fingerprint density at radius 1 is 1.32 bits per heavy atom. The van der Waals surface area contributed by atoms with Gasteiger partial charge < -0.3 is 15.0 Å². The van der Waals surface area contributed by atoms with Crippen LogP contribution in [-0.4, -0.2) is 73.8 Å². The lowest BCUT2D eigenvalue weighted by molar-refractivity contribution is -0.0952. The molecule has 3 heterocycles. The Morgan fingerprint density at radius 2 is 2.08 bits per heavy atom. The summed E-state index contributed by atoms with van der Waals surface area (Å²) in [7, 11) is -1.81. The number of urea groups is 1. The zero-order valence-electron chi connectivity index (χ0n) is 14.2. The van der Waals surface area contributed by atoms with E-state index in [1.807, 2.05) is 30.3 Å². The summed E-state index contributed by atoms with van der Waals surface area (Å²) >= 11 is 0.